The Labute approximate surface area is 116 Å². The Morgan fingerprint density at radius 2 is 2.22 bits per heavy atom. The number of benzene rings is 1. The molecule has 2 rings (SSSR count). The maximum absolute atomic E-state index is 11.4. The molecule has 0 aliphatic carbocycles. The van der Waals surface area contributed by atoms with Crippen molar-refractivity contribution in [1.82, 2.24) is 0 Å². The van der Waals surface area contributed by atoms with Gasteiger partial charge in [-0.2, -0.15) is 0 Å². The van der Waals surface area contributed by atoms with Gasteiger partial charge < -0.3 is 11.1 Å². The van der Waals surface area contributed by atoms with Crippen LogP contribution in [-0.4, -0.2) is 31.0 Å². The van der Waals surface area contributed by atoms with E-state index in [1.165, 1.54) is 0 Å². The lowest BCUT2D eigenvalue weighted by molar-refractivity contribution is 0.602. The average molecular weight is 305 g/mol. The summed E-state index contributed by atoms with van der Waals surface area (Å²) in [6.45, 7) is 0. The summed E-state index contributed by atoms with van der Waals surface area (Å²) >= 11 is 11.0. The molecular formula is C11H13ClN2O2S2. The molecule has 7 heteroatoms. The van der Waals surface area contributed by atoms with E-state index in [2.05, 4.69) is 5.32 Å². The van der Waals surface area contributed by atoms with Gasteiger partial charge >= 0.3 is 0 Å². The van der Waals surface area contributed by atoms with Crippen molar-refractivity contribution in [1.29, 1.82) is 0 Å². The summed E-state index contributed by atoms with van der Waals surface area (Å²) in [6.07, 6.45) is 0.589. The van der Waals surface area contributed by atoms with Gasteiger partial charge in [-0.1, -0.05) is 29.9 Å². The number of nitrogens with one attached hydrogen (secondary N) is 1. The molecule has 18 heavy (non-hydrogen) atoms. The number of sulfone groups is 1. The van der Waals surface area contributed by atoms with Crippen LogP contribution in [0.2, 0.25) is 5.02 Å². The van der Waals surface area contributed by atoms with Gasteiger partial charge in [-0.05, 0) is 18.6 Å². The summed E-state index contributed by atoms with van der Waals surface area (Å²) in [5.74, 6) is 0.351. The highest BCUT2D eigenvalue weighted by Crippen LogP contribution is 2.26. The zero-order valence-corrected chi connectivity index (χ0v) is 11.9. The van der Waals surface area contributed by atoms with Crippen molar-refractivity contribution >= 4 is 44.3 Å². The third-order valence-corrected chi connectivity index (χ3v) is 5.14. The van der Waals surface area contributed by atoms with Gasteiger partial charge in [-0.25, -0.2) is 8.42 Å². The number of anilines is 1. The van der Waals surface area contributed by atoms with E-state index in [9.17, 15) is 8.42 Å². The number of halogens is 1. The van der Waals surface area contributed by atoms with E-state index in [1.807, 2.05) is 0 Å². The van der Waals surface area contributed by atoms with Crippen LogP contribution >= 0.6 is 23.8 Å². The van der Waals surface area contributed by atoms with Gasteiger partial charge in [0.25, 0.3) is 0 Å². The Balaban J connectivity index is 2.25. The van der Waals surface area contributed by atoms with Crippen molar-refractivity contribution in [2.24, 2.45) is 5.73 Å². The van der Waals surface area contributed by atoms with Gasteiger partial charge in [0.15, 0.2) is 9.84 Å². The number of rotatable bonds is 3. The van der Waals surface area contributed by atoms with E-state index >= 15 is 0 Å². The van der Waals surface area contributed by atoms with Crippen LogP contribution in [0.1, 0.15) is 12.0 Å². The first-order valence-electron chi connectivity index (χ1n) is 5.44. The molecule has 1 unspecified atom stereocenters. The Kier molecular flexibility index (Phi) is 3.79. The van der Waals surface area contributed by atoms with E-state index < -0.39 is 9.84 Å². The fourth-order valence-corrected chi connectivity index (χ4v) is 4.25. The van der Waals surface area contributed by atoms with Gasteiger partial charge in [-0.15, -0.1) is 0 Å². The maximum atomic E-state index is 11.4. The predicted molar refractivity (Wildman–Crippen MR) is 78.0 cm³/mol. The van der Waals surface area contributed by atoms with Crippen molar-refractivity contribution in [2.45, 2.75) is 12.5 Å². The minimum absolute atomic E-state index is 0.110. The molecule has 0 bridgehead atoms. The lowest BCUT2D eigenvalue weighted by atomic mass is 10.1. The number of hydrogen-bond donors (Lipinski definition) is 2. The normalized spacial score (nSPS) is 21.7. The predicted octanol–water partition coefficient (Wildman–Crippen LogP) is 1.57. The van der Waals surface area contributed by atoms with E-state index in [1.54, 1.807) is 18.2 Å². The lowest BCUT2D eigenvalue weighted by Gasteiger charge is -2.16. The van der Waals surface area contributed by atoms with Crippen LogP contribution in [0.3, 0.4) is 0 Å². The molecule has 1 aromatic rings. The van der Waals surface area contributed by atoms with Crippen LogP contribution in [-0.2, 0) is 9.84 Å². The lowest BCUT2D eigenvalue weighted by Crippen LogP contribution is -2.23. The molecule has 1 atom stereocenters. The summed E-state index contributed by atoms with van der Waals surface area (Å²) in [5.41, 5.74) is 6.89. The summed E-state index contributed by atoms with van der Waals surface area (Å²) in [6, 6.07) is 5.16. The molecule has 1 heterocycles. The molecule has 98 valence electrons. The summed E-state index contributed by atoms with van der Waals surface area (Å²) in [7, 11) is -2.92. The molecule has 0 aromatic heterocycles. The molecule has 0 amide bonds. The molecule has 1 saturated heterocycles. The van der Waals surface area contributed by atoms with Gasteiger partial charge in [-0.3, -0.25) is 0 Å². The molecule has 1 aliphatic rings. The average Bonchev–Trinajstić information content (AvgIpc) is 2.57. The summed E-state index contributed by atoms with van der Waals surface area (Å²) < 4.78 is 22.8. The minimum Gasteiger partial charge on any atom is -0.389 e. The van der Waals surface area contributed by atoms with Gasteiger partial charge in [0, 0.05) is 11.7 Å². The molecular weight excluding hydrogens is 292 g/mol. The van der Waals surface area contributed by atoms with Crippen molar-refractivity contribution in [3.8, 4) is 0 Å². The van der Waals surface area contributed by atoms with Crippen molar-refractivity contribution in [3.63, 3.8) is 0 Å². The van der Waals surface area contributed by atoms with E-state index in [-0.39, 0.29) is 22.5 Å². The van der Waals surface area contributed by atoms with Gasteiger partial charge in [0.05, 0.1) is 22.1 Å². The Morgan fingerprint density at radius 3 is 2.78 bits per heavy atom. The third kappa shape index (κ3) is 2.93. The molecule has 1 fully saturated rings. The molecule has 4 nitrogen and oxygen atoms in total. The first kappa shape index (κ1) is 13.6. The SMILES string of the molecule is NC(=S)c1c(Cl)cccc1NC1CCS(=O)(=O)C1. The molecule has 1 aliphatic heterocycles. The van der Waals surface area contributed by atoms with Crippen LogP contribution in [0, 0.1) is 0 Å². The summed E-state index contributed by atoms with van der Waals surface area (Å²) in [4.78, 5) is 0.198. The smallest absolute Gasteiger partial charge is 0.152 e. The number of nitrogens with two attached hydrogens (primary N) is 1. The molecule has 0 radical (unpaired) electrons. The van der Waals surface area contributed by atoms with Crippen LogP contribution in [0.15, 0.2) is 18.2 Å². The highest BCUT2D eigenvalue weighted by molar-refractivity contribution is 7.91. The largest absolute Gasteiger partial charge is 0.389 e. The fourth-order valence-electron chi connectivity index (χ4n) is 2.02. The number of thiocarbonyl (C=S) groups is 1. The van der Waals surface area contributed by atoms with Crippen molar-refractivity contribution in [3.05, 3.63) is 28.8 Å². The molecule has 1 aromatic carbocycles. The van der Waals surface area contributed by atoms with E-state index in [0.717, 1.165) is 0 Å². The second-order valence-corrected chi connectivity index (χ2v) is 7.35. The van der Waals surface area contributed by atoms with E-state index in [4.69, 9.17) is 29.6 Å². The molecule has 0 saturated carbocycles. The molecule has 0 spiro atoms. The van der Waals surface area contributed by atoms with Crippen LogP contribution in [0.25, 0.3) is 0 Å². The first-order valence-corrected chi connectivity index (χ1v) is 8.05. The maximum Gasteiger partial charge on any atom is 0.152 e. The minimum atomic E-state index is -2.92. The highest BCUT2D eigenvalue weighted by Gasteiger charge is 2.28. The quantitative estimate of drug-likeness (QED) is 0.830. The molecule has 3 N–H and O–H groups in total. The Morgan fingerprint density at radius 1 is 1.50 bits per heavy atom. The van der Waals surface area contributed by atoms with Crippen molar-refractivity contribution in [2.75, 3.05) is 16.8 Å². The van der Waals surface area contributed by atoms with Crippen molar-refractivity contribution < 1.29 is 8.42 Å². The highest BCUT2D eigenvalue weighted by atomic mass is 35.5. The summed E-state index contributed by atoms with van der Waals surface area (Å²) in [5, 5.41) is 3.62. The van der Waals surface area contributed by atoms with Crippen LogP contribution in [0.4, 0.5) is 5.69 Å². The second-order valence-electron chi connectivity index (χ2n) is 4.27. The zero-order valence-electron chi connectivity index (χ0n) is 9.52. The zero-order chi connectivity index (χ0) is 13.3. The van der Waals surface area contributed by atoms with Gasteiger partial charge in [0.2, 0.25) is 0 Å². The second kappa shape index (κ2) is 5.03. The number of hydrogen-bond acceptors (Lipinski definition) is 4. The topological polar surface area (TPSA) is 72.2 Å². The first-order chi connectivity index (χ1) is 8.39. The Hall–Kier alpha value is -0.850. The third-order valence-electron chi connectivity index (χ3n) is 2.85. The van der Waals surface area contributed by atoms with Gasteiger partial charge in [0.1, 0.15) is 4.99 Å². The van der Waals surface area contributed by atoms with Crippen LogP contribution in [0.5, 0.6) is 0 Å². The van der Waals surface area contributed by atoms with E-state index in [0.29, 0.717) is 22.7 Å². The Bertz CT molecular complexity index is 587. The van der Waals surface area contributed by atoms with Crippen LogP contribution < -0.4 is 11.1 Å². The standard InChI is InChI=1S/C11H13ClN2O2S2/c12-8-2-1-3-9(10(8)11(13)17)14-7-4-5-18(15,16)6-7/h1-3,7,14H,4-6H2,(H2,13,17). The monoisotopic (exact) mass is 304 g/mol. The fraction of sp³-hybridized carbons (Fsp3) is 0.364.